The average molecular weight is 408 g/mol. The molecule has 30 heavy (non-hydrogen) atoms. The molecular formula is C24H28N2O4. The summed E-state index contributed by atoms with van der Waals surface area (Å²) in [4.78, 5) is 24.6. The number of benzene rings is 2. The van der Waals surface area contributed by atoms with Crippen LogP contribution in [0.3, 0.4) is 0 Å². The molecule has 0 radical (unpaired) electrons. The lowest BCUT2D eigenvalue weighted by atomic mass is 9.93. The number of aromatic nitrogens is 1. The summed E-state index contributed by atoms with van der Waals surface area (Å²) in [6.07, 6.45) is 5.18. The van der Waals surface area contributed by atoms with Crippen molar-refractivity contribution in [1.29, 1.82) is 0 Å². The van der Waals surface area contributed by atoms with Crippen molar-refractivity contribution in [2.45, 2.75) is 38.6 Å². The van der Waals surface area contributed by atoms with Crippen molar-refractivity contribution in [1.82, 2.24) is 9.88 Å². The van der Waals surface area contributed by atoms with Gasteiger partial charge in [0.15, 0.2) is 0 Å². The Labute approximate surface area is 176 Å². The van der Waals surface area contributed by atoms with Crippen LogP contribution in [0.2, 0.25) is 0 Å². The lowest BCUT2D eigenvalue weighted by Crippen LogP contribution is -2.40. The van der Waals surface area contributed by atoms with Crippen LogP contribution in [0.1, 0.15) is 31.7 Å². The third-order valence-electron chi connectivity index (χ3n) is 5.65. The molecule has 158 valence electrons. The van der Waals surface area contributed by atoms with Crippen molar-refractivity contribution in [2.24, 2.45) is 0 Å². The number of likely N-dealkylation sites (N-methyl/N-ethyl adjacent to an activating group) is 1. The van der Waals surface area contributed by atoms with E-state index in [4.69, 9.17) is 19.8 Å². The van der Waals surface area contributed by atoms with Crippen LogP contribution in [0.25, 0.3) is 22.2 Å². The lowest BCUT2D eigenvalue weighted by molar-refractivity contribution is -0.159. The minimum absolute atomic E-state index is 0.672. The van der Waals surface area contributed by atoms with Crippen LogP contribution in [0.5, 0.6) is 0 Å². The highest BCUT2D eigenvalue weighted by Crippen LogP contribution is 2.33. The first-order valence-corrected chi connectivity index (χ1v) is 10.4. The molecule has 0 aliphatic carbocycles. The second-order valence-corrected chi connectivity index (χ2v) is 7.48. The molecule has 4 rings (SSSR count). The number of aromatic amines is 1. The Morgan fingerprint density at radius 1 is 1.00 bits per heavy atom. The van der Waals surface area contributed by atoms with E-state index in [2.05, 4.69) is 71.4 Å². The topological polar surface area (TPSA) is 93.6 Å². The van der Waals surface area contributed by atoms with E-state index in [0.29, 0.717) is 6.04 Å². The summed E-state index contributed by atoms with van der Waals surface area (Å²) in [7, 11) is 0. The summed E-state index contributed by atoms with van der Waals surface area (Å²) in [5.41, 5.74) is 5.34. The van der Waals surface area contributed by atoms with Gasteiger partial charge in [-0.25, -0.2) is 9.59 Å². The smallest absolute Gasteiger partial charge is 0.414 e. The minimum atomic E-state index is -1.82. The fourth-order valence-electron chi connectivity index (χ4n) is 4.21. The maximum Gasteiger partial charge on any atom is 0.414 e. The molecule has 1 aliphatic heterocycles. The Hall–Kier alpha value is -3.12. The van der Waals surface area contributed by atoms with Crippen molar-refractivity contribution in [3.05, 3.63) is 60.2 Å². The standard InChI is InChI=1S/C22H26N2.C2H2O4/c1-2-24-15-9-8-12-18(24)16-20-19-13-6-7-14-21(19)23-22(20)17-10-4-3-5-11-17;3-1(4)2(5)6/h3-7,10-11,13-14,18,23H,2,8-9,12,15-16H2,1H3;(H,3,4)(H,5,6). The second kappa shape index (κ2) is 10.1. The van der Waals surface area contributed by atoms with E-state index >= 15 is 0 Å². The molecule has 0 amide bonds. The monoisotopic (exact) mass is 408 g/mol. The van der Waals surface area contributed by atoms with Gasteiger partial charge in [0, 0.05) is 22.6 Å². The molecule has 1 aromatic heterocycles. The number of H-pyrrole nitrogens is 1. The Morgan fingerprint density at radius 2 is 1.67 bits per heavy atom. The zero-order valence-corrected chi connectivity index (χ0v) is 17.2. The Kier molecular flexibility index (Phi) is 7.25. The lowest BCUT2D eigenvalue weighted by Gasteiger charge is -2.35. The quantitative estimate of drug-likeness (QED) is 0.556. The van der Waals surface area contributed by atoms with Crippen LogP contribution < -0.4 is 0 Å². The molecular weight excluding hydrogens is 380 g/mol. The van der Waals surface area contributed by atoms with Crippen molar-refractivity contribution in [3.63, 3.8) is 0 Å². The number of piperidine rings is 1. The first-order chi connectivity index (χ1) is 14.5. The highest BCUT2D eigenvalue weighted by molar-refractivity contribution is 6.27. The number of nitrogens with zero attached hydrogens (tertiary/aromatic N) is 1. The first-order valence-electron chi connectivity index (χ1n) is 10.4. The molecule has 3 N–H and O–H groups in total. The molecule has 0 bridgehead atoms. The number of fused-ring (bicyclic) bond motifs is 1. The number of nitrogens with one attached hydrogen (secondary N) is 1. The summed E-state index contributed by atoms with van der Waals surface area (Å²) >= 11 is 0. The van der Waals surface area contributed by atoms with Crippen LogP contribution in [0.4, 0.5) is 0 Å². The molecule has 1 saturated heterocycles. The summed E-state index contributed by atoms with van der Waals surface area (Å²) in [5.74, 6) is -3.65. The van der Waals surface area contributed by atoms with Crippen LogP contribution in [-0.4, -0.2) is 51.2 Å². The molecule has 3 aromatic rings. The number of rotatable bonds is 4. The molecule has 2 heterocycles. The normalized spacial score (nSPS) is 16.6. The Morgan fingerprint density at radius 3 is 2.33 bits per heavy atom. The molecule has 1 aliphatic rings. The molecule has 0 saturated carbocycles. The number of carboxylic acids is 2. The summed E-state index contributed by atoms with van der Waals surface area (Å²) in [6, 6.07) is 20.2. The summed E-state index contributed by atoms with van der Waals surface area (Å²) in [5, 5.41) is 16.2. The van der Waals surface area contributed by atoms with E-state index in [-0.39, 0.29) is 0 Å². The average Bonchev–Trinajstić information content (AvgIpc) is 3.13. The van der Waals surface area contributed by atoms with Gasteiger partial charge in [-0.15, -0.1) is 0 Å². The zero-order chi connectivity index (χ0) is 21.5. The van der Waals surface area contributed by atoms with Gasteiger partial charge >= 0.3 is 11.9 Å². The van der Waals surface area contributed by atoms with Crippen molar-refractivity contribution >= 4 is 22.8 Å². The van der Waals surface area contributed by atoms with Crippen LogP contribution in [0.15, 0.2) is 54.6 Å². The molecule has 6 nitrogen and oxygen atoms in total. The van der Waals surface area contributed by atoms with Gasteiger partial charge in [0.2, 0.25) is 0 Å². The first kappa shape index (κ1) is 21.6. The number of aliphatic carboxylic acids is 2. The van der Waals surface area contributed by atoms with Gasteiger partial charge in [0.1, 0.15) is 0 Å². The SMILES string of the molecule is CCN1CCCCC1Cc1c(-c2ccccc2)[nH]c2ccccc12.O=C(O)C(=O)O. The van der Waals surface area contributed by atoms with E-state index in [0.717, 1.165) is 13.0 Å². The highest BCUT2D eigenvalue weighted by Gasteiger charge is 2.24. The third-order valence-corrected chi connectivity index (χ3v) is 5.65. The Balaban J connectivity index is 0.000000377. The van der Waals surface area contributed by atoms with Gasteiger partial charge in [0.05, 0.1) is 0 Å². The van der Waals surface area contributed by atoms with Crippen molar-refractivity contribution < 1.29 is 19.8 Å². The highest BCUT2D eigenvalue weighted by atomic mass is 16.4. The van der Waals surface area contributed by atoms with E-state index in [1.807, 2.05) is 0 Å². The number of carboxylic acid groups (broad SMARTS) is 2. The van der Waals surface area contributed by atoms with Gasteiger partial charge < -0.3 is 20.1 Å². The van der Waals surface area contributed by atoms with Gasteiger partial charge in [-0.05, 0) is 49.5 Å². The van der Waals surface area contributed by atoms with Crippen LogP contribution >= 0.6 is 0 Å². The van der Waals surface area contributed by atoms with Crippen LogP contribution in [0, 0.1) is 0 Å². The van der Waals surface area contributed by atoms with E-state index in [1.54, 1.807) is 0 Å². The number of likely N-dealkylation sites (tertiary alicyclic amines) is 1. The molecule has 6 heteroatoms. The van der Waals surface area contributed by atoms with Crippen molar-refractivity contribution in [2.75, 3.05) is 13.1 Å². The maximum absolute atomic E-state index is 9.10. The van der Waals surface area contributed by atoms with Gasteiger partial charge in [-0.3, -0.25) is 0 Å². The van der Waals surface area contributed by atoms with E-state index < -0.39 is 11.9 Å². The molecule has 1 atom stereocenters. The number of para-hydroxylation sites is 1. The minimum Gasteiger partial charge on any atom is -0.473 e. The van der Waals surface area contributed by atoms with Gasteiger partial charge in [0.25, 0.3) is 0 Å². The third kappa shape index (κ3) is 5.07. The predicted molar refractivity (Wildman–Crippen MR) is 118 cm³/mol. The van der Waals surface area contributed by atoms with E-state index in [1.165, 1.54) is 53.5 Å². The summed E-state index contributed by atoms with van der Waals surface area (Å²) < 4.78 is 0. The van der Waals surface area contributed by atoms with Crippen LogP contribution in [-0.2, 0) is 16.0 Å². The molecule has 0 spiro atoms. The number of carbonyl (C=O) groups is 2. The van der Waals surface area contributed by atoms with Gasteiger partial charge in [-0.1, -0.05) is 61.9 Å². The predicted octanol–water partition coefficient (Wildman–Crippen LogP) is 4.41. The Bertz CT molecular complexity index is 985. The second-order valence-electron chi connectivity index (χ2n) is 7.48. The van der Waals surface area contributed by atoms with E-state index in [9.17, 15) is 0 Å². The fraction of sp³-hybridized carbons (Fsp3) is 0.333. The van der Waals surface area contributed by atoms with Crippen molar-refractivity contribution in [3.8, 4) is 11.3 Å². The summed E-state index contributed by atoms with van der Waals surface area (Å²) in [6.45, 7) is 4.71. The number of hydrogen-bond donors (Lipinski definition) is 3. The molecule has 1 unspecified atom stereocenters. The number of hydrogen-bond acceptors (Lipinski definition) is 3. The largest absolute Gasteiger partial charge is 0.473 e. The molecule has 2 aromatic carbocycles. The maximum atomic E-state index is 9.10. The zero-order valence-electron chi connectivity index (χ0n) is 17.2. The fourth-order valence-corrected chi connectivity index (χ4v) is 4.21. The van der Waals surface area contributed by atoms with Gasteiger partial charge in [-0.2, -0.15) is 0 Å². The molecule has 1 fully saturated rings.